The predicted molar refractivity (Wildman–Crippen MR) is 94.5 cm³/mol. The normalized spacial score (nSPS) is 15.3. The van der Waals surface area contributed by atoms with Gasteiger partial charge in [0.15, 0.2) is 5.82 Å². The van der Waals surface area contributed by atoms with Crippen LogP contribution in [0.4, 0.5) is 10.1 Å². The summed E-state index contributed by atoms with van der Waals surface area (Å²) in [5.41, 5.74) is 6.67. The van der Waals surface area contributed by atoms with Gasteiger partial charge < -0.3 is 15.6 Å². The third kappa shape index (κ3) is 3.87. The molecule has 1 atom stereocenters. The zero-order valence-electron chi connectivity index (χ0n) is 14.5. The van der Waals surface area contributed by atoms with Crippen LogP contribution in [0.2, 0.25) is 0 Å². The number of hydrogen-bond donors (Lipinski definition) is 2. The molecule has 7 heteroatoms. The lowest BCUT2D eigenvalue weighted by molar-refractivity contribution is -0.117. The number of fused-ring (bicyclic) bond motifs is 1. The van der Waals surface area contributed by atoms with Crippen molar-refractivity contribution in [2.45, 2.75) is 58.0 Å². The van der Waals surface area contributed by atoms with Gasteiger partial charge in [0.05, 0.1) is 11.7 Å². The van der Waals surface area contributed by atoms with Gasteiger partial charge in [0.25, 0.3) is 0 Å². The second kappa shape index (κ2) is 7.74. The summed E-state index contributed by atoms with van der Waals surface area (Å²) in [6.07, 6.45) is 5.62. The van der Waals surface area contributed by atoms with Crippen LogP contribution in [0.5, 0.6) is 0 Å². The van der Waals surface area contributed by atoms with E-state index in [0.29, 0.717) is 12.2 Å². The van der Waals surface area contributed by atoms with Gasteiger partial charge in [-0.05, 0) is 37.5 Å². The van der Waals surface area contributed by atoms with Gasteiger partial charge in [-0.15, -0.1) is 10.2 Å². The maximum Gasteiger partial charge on any atom is 0.241 e. The molecule has 0 saturated carbocycles. The van der Waals surface area contributed by atoms with Crippen LogP contribution in [0.15, 0.2) is 18.2 Å². The largest absolute Gasteiger partial charge is 0.322 e. The standard InChI is InChI=1S/C18H24FN5O/c1-2-6-14(20)18(25)21-15-11-12(8-9-13(15)19)17-23-22-16-7-4-3-5-10-24(16)17/h8-9,11,14H,2-7,10,20H2,1H3,(H,21,25). The van der Waals surface area contributed by atoms with E-state index in [9.17, 15) is 9.18 Å². The Kier molecular flexibility index (Phi) is 5.43. The lowest BCUT2D eigenvalue weighted by atomic mass is 10.1. The number of anilines is 1. The second-order valence-electron chi connectivity index (χ2n) is 6.48. The van der Waals surface area contributed by atoms with E-state index < -0.39 is 11.9 Å². The van der Waals surface area contributed by atoms with Gasteiger partial charge in [-0.1, -0.05) is 19.8 Å². The monoisotopic (exact) mass is 345 g/mol. The van der Waals surface area contributed by atoms with Crippen molar-refractivity contribution in [2.24, 2.45) is 5.73 Å². The Morgan fingerprint density at radius 3 is 3.00 bits per heavy atom. The maximum absolute atomic E-state index is 14.1. The van der Waals surface area contributed by atoms with Crippen LogP contribution in [-0.4, -0.2) is 26.7 Å². The molecule has 2 heterocycles. The lowest BCUT2D eigenvalue weighted by Gasteiger charge is -2.13. The Labute approximate surface area is 146 Å². The predicted octanol–water partition coefficient (Wildman–Crippen LogP) is 2.88. The fraction of sp³-hybridized carbons (Fsp3) is 0.500. The molecule has 1 aliphatic rings. The molecule has 1 amide bonds. The van der Waals surface area contributed by atoms with Crippen LogP contribution in [-0.2, 0) is 17.8 Å². The third-order valence-corrected chi connectivity index (χ3v) is 4.53. The number of amides is 1. The second-order valence-corrected chi connectivity index (χ2v) is 6.48. The van der Waals surface area contributed by atoms with E-state index in [-0.39, 0.29) is 11.6 Å². The van der Waals surface area contributed by atoms with Crippen LogP contribution in [0.25, 0.3) is 11.4 Å². The summed E-state index contributed by atoms with van der Waals surface area (Å²) < 4.78 is 16.2. The molecule has 3 rings (SSSR count). The minimum absolute atomic E-state index is 0.125. The summed E-state index contributed by atoms with van der Waals surface area (Å²) in [5, 5.41) is 11.1. The highest BCUT2D eigenvalue weighted by Crippen LogP contribution is 2.26. The molecule has 2 aromatic rings. The topological polar surface area (TPSA) is 85.8 Å². The van der Waals surface area contributed by atoms with Crippen LogP contribution in [0.3, 0.4) is 0 Å². The highest BCUT2D eigenvalue weighted by atomic mass is 19.1. The highest BCUT2D eigenvalue weighted by Gasteiger charge is 2.19. The van der Waals surface area contributed by atoms with Crippen LogP contribution >= 0.6 is 0 Å². The molecule has 1 aromatic carbocycles. The zero-order chi connectivity index (χ0) is 17.8. The first-order chi connectivity index (χ1) is 12.1. The molecule has 0 bridgehead atoms. The number of rotatable bonds is 5. The van der Waals surface area contributed by atoms with Crippen molar-refractivity contribution in [3.8, 4) is 11.4 Å². The number of halogens is 1. The molecule has 1 unspecified atom stereocenters. The minimum Gasteiger partial charge on any atom is -0.322 e. The van der Waals surface area contributed by atoms with Gasteiger partial charge in [0, 0.05) is 18.5 Å². The number of hydrogen-bond acceptors (Lipinski definition) is 4. The molecule has 0 radical (unpaired) electrons. The molecule has 3 N–H and O–H groups in total. The number of aromatic nitrogens is 3. The highest BCUT2D eigenvalue weighted by molar-refractivity contribution is 5.95. The minimum atomic E-state index is -0.641. The average Bonchev–Trinajstić information content (AvgIpc) is 2.85. The summed E-state index contributed by atoms with van der Waals surface area (Å²) >= 11 is 0. The first-order valence-electron chi connectivity index (χ1n) is 8.88. The molecule has 1 aliphatic heterocycles. The molecular formula is C18H24FN5O. The summed E-state index contributed by atoms with van der Waals surface area (Å²) in [7, 11) is 0. The number of carbonyl (C=O) groups is 1. The maximum atomic E-state index is 14.1. The first kappa shape index (κ1) is 17.5. The molecule has 0 fully saturated rings. The Morgan fingerprint density at radius 1 is 1.36 bits per heavy atom. The van der Waals surface area contributed by atoms with E-state index in [1.807, 2.05) is 6.92 Å². The van der Waals surface area contributed by atoms with Gasteiger partial charge >= 0.3 is 0 Å². The van der Waals surface area contributed by atoms with Crippen LogP contribution < -0.4 is 11.1 Å². The van der Waals surface area contributed by atoms with Gasteiger partial charge in [-0.25, -0.2) is 4.39 Å². The summed E-state index contributed by atoms with van der Waals surface area (Å²) in [6, 6.07) is 3.97. The Morgan fingerprint density at radius 2 is 2.20 bits per heavy atom. The van der Waals surface area contributed by atoms with Gasteiger partial charge in [0.2, 0.25) is 5.91 Å². The molecule has 0 saturated heterocycles. The van der Waals surface area contributed by atoms with Crippen molar-refractivity contribution in [1.82, 2.24) is 14.8 Å². The third-order valence-electron chi connectivity index (χ3n) is 4.53. The van der Waals surface area contributed by atoms with Crippen molar-refractivity contribution in [1.29, 1.82) is 0 Å². The molecular weight excluding hydrogens is 321 g/mol. The van der Waals surface area contributed by atoms with Crippen molar-refractivity contribution >= 4 is 11.6 Å². The van der Waals surface area contributed by atoms with Crippen molar-refractivity contribution in [3.63, 3.8) is 0 Å². The van der Waals surface area contributed by atoms with E-state index in [4.69, 9.17) is 5.73 Å². The summed E-state index contributed by atoms with van der Waals surface area (Å²) in [5.74, 6) is 0.812. The lowest BCUT2D eigenvalue weighted by Crippen LogP contribution is -2.35. The molecule has 25 heavy (non-hydrogen) atoms. The number of nitrogens with zero attached hydrogens (tertiary/aromatic N) is 3. The smallest absolute Gasteiger partial charge is 0.241 e. The Balaban J connectivity index is 1.87. The van der Waals surface area contributed by atoms with Gasteiger partial charge in [-0.3, -0.25) is 4.79 Å². The zero-order valence-corrected chi connectivity index (χ0v) is 14.5. The summed E-state index contributed by atoms with van der Waals surface area (Å²) in [4.78, 5) is 12.1. The van der Waals surface area contributed by atoms with E-state index in [1.54, 1.807) is 12.1 Å². The van der Waals surface area contributed by atoms with E-state index in [2.05, 4.69) is 20.1 Å². The number of benzene rings is 1. The fourth-order valence-corrected chi connectivity index (χ4v) is 3.13. The van der Waals surface area contributed by atoms with Gasteiger partial charge in [0.1, 0.15) is 11.6 Å². The van der Waals surface area contributed by atoms with Gasteiger partial charge in [-0.2, -0.15) is 0 Å². The Hall–Kier alpha value is -2.28. The van der Waals surface area contributed by atoms with E-state index in [0.717, 1.165) is 43.6 Å². The summed E-state index contributed by atoms with van der Waals surface area (Å²) in [6.45, 7) is 2.81. The van der Waals surface area contributed by atoms with Crippen LogP contribution in [0, 0.1) is 5.82 Å². The SMILES string of the molecule is CCCC(N)C(=O)Nc1cc(-c2nnc3n2CCCCC3)ccc1F. The Bertz CT molecular complexity index is 758. The van der Waals surface area contributed by atoms with E-state index in [1.165, 1.54) is 12.5 Å². The number of nitrogens with one attached hydrogen (secondary N) is 1. The molecule has 0 aliphatic carbocycles. The fourth-order valence-electron chi connectivity index (χ4n) is 3.13. The van der Waals surface area contributed by atoms with Crippen LogP contribution in [0.1, 0.15) is 44.9 Å². The van der Waals surface area contributed by atoms with Crippen molar-refractivity contribution in [3.05, 3.63) is 29.8 Å². The molecule has 6 nitrogen and oxygen atoms in total. The number of carbonyl (C=O) groups excluding carboxylic acids is 1. The average molecular weight is 345 g/mol. The van der Waals surface area contributed by atoms with Crippen molar-refractivity contribution in [2.75, 3.05) is 5.32 Å². The quantitative estimate of drug-likeness (QED) is 0.872. The molecule has 1 aromatic heterocycles. The molecule has 134 valence electrons. The van der Waals surface area contributed by atoms with Crippen molar-refractivity contribution < 1.29 is 9.18 Å². The molecule has 0 spiro atoms. The number of nitrogens with two attached hydrogens (primary N) is 1. The van der Waals surface area contributed by atoms with E-state index >= 15 is 0 Å². The first-order valence-corrected chi connectivity index (χ1v) is 8.88. The number of aryl methyl sites for hydroxylation is 1.